The van der Waals surface area contributed by atoms with Gasteiger partial charge in [-0.25, -0.2) is 0 Å². The van der Waals surface area contributed by atoms with Crippen molar-refractivity contribution in [3.8, 4) is 0 Å². The molecule has 0 aromatic heterocycles. The topological polar surface area (TPSA) is 46.2 Å². The van der Waals surface area contributed by atoms with Gasteiger partial charge in [-0.15, -0.1) is 0 Å². The van der Waals surface area contributed by atoms with Crippen molar-refractivity contribution in [2.75, 3.05) is 0 Å². The van der Waals surface area contributed by atoms with Gasteiger partial charge in [-0.3, -0.25) is 0 Å². The third kappa shape index (κ3) is 0.967. The van der Waals surface area contributed by atoms with Crippen LogP contribution < -0.4 is 5.73 Å². The van der Waals surface area contributed by atoms with Crippen LogP contribution in [0.2, 0.25) is 0 Å². The lowest BCUT2D eigenvalue weighted by Gasteiger charge is -2.12. The molecule has 0 aliphatic heterocycles. The molecule has 0 spiro atoms. The highest BCUT2D eigenvalue weighted by atomic mass is 16.3. The molecule has 0 radical (unpaired) electrons. The van der Waals surface area contributed by atoms with E-state index in [1.165, 1.54) is 0 Å². The molecule has 8 heavy (non-hydrogen) atoms. The molecule has 0 saturated carbocycles. The summed E-state index contributed by atoms with van der Waals surface area (Å²) in [5.74, 6) is 0. The SMILES string of the molecule is N[C@@H]1C=CC=C[C@H]1O. The molecule has 0 aromatic rings. The van der Waals surface area contributed by atoms with Crippen LogP contribution in [-0.2, 0) is 0 Å². The molecule has 1 rings (SSSR count). The van der Waals surface area contributed by atoms with E-state index >= 15 is 0 Å². The van der Waals surface area contributed by atoms with Crippen molar-refractivity contribution in [3.63, 3.8) is 0 Å². The number of aliphatic hydroxyl groups excluding tert-OH is 1. The summed E-state index contributed by atoms with van der Waals surface area (Å²) >= 11 is 0. The summed E-state index contributed by atoms with van der Waals surface area (Å²) in [7, 11) is 0. The van der Waals surface area contributed by atoms with Crippen LogP contribution in [0.15, 0.2) is 24.3 Å². The third-order valence-electron chi connectivity index (χ3n) is 1.15. The summed E-state index contributed by atoms with van der Waals surface area (Å²) < 4.78 is 0. The van der Waals surface area contributed by atoms with Gasteiger partial charge >= 0.3 is 0 Å². The molecular weight excluding hydrogens is 102 g/mol. The lowest BCUT2D eigenvalue weighted by Crippen LogP contribution is -2.31. The Hall–Kier alpha value is -0.600. The molecule has 0 heterocycles. The number of nitrogens with two attached hydrogens (primary N) is 1. The van der Waals surface area contributed by atoms with E-state index in [1.807, 2.05) is 6.08 Å². The quantitative estimate of drug-likeness (QED) is 0.454. The predicted molar refractivity (Wildman–Crippen MR) is 32.3 cm³/mol. The van der Waals surface area contributed by atoms with Gasteiger partial charge in [-0.05, 0) is 0 Å². The monoisotopic (exact) mass is 111 g/mol. The summed E-state index contributed by atoms with van der Waals surface area (Å²) in [5, 5.41) is 8.91. The van der Waals surface area contributed by atoms with Crippen molar-refractivity contribution >= 4 is 0 Å². The van der Waals surface area contributed by atoms with Crippen molar-refractivity contribution in [2.45, 2.75) is 12.1 Å². The van der Waals surface area contributed by atoms with E-state index < -0.39 is 6.10 Å². The van der Waals surface area contributed by atoms with E-state index in [2.05, 4.69) is 0 Å². The van der Waals surface area contributed by atoms with E-state index in [0.717, 1.165) is 0 Å². The van der Waals surface area contributed by atoms with Crippen LogP contribution in [0.3, 0.4) is 0 Å². The van der Waals surface area contributed by atoms with Gasteiger partial charge in [0, 0.05) is 0 Å². The molecule has 0 aromatic carbocycles. The maximum atomic E-state index is 8.91. The van der Waals surface area contributed by atoms with E-state index in [9.17, 15) is 0 Å². The lowest BCUT2D eigenvalue weighted by atomic mass is 10.1. The molecule has 0 unspecified atom stereocenters. The van der Waals surface area contributed by atoms with E-state index in [0.29, 0.717) is 0 Å². The number of hydrogen-bond donors (Lipinski definition) is 2. The fourth-order valence-electron chi connectivity index (χ4n) is 0.613. The van der Waals surface area contributed by atoms with Gasteiger partial charge in [-0.1, -0.05) is 24.3 Å². The van der Waals surface area contributed by atoms with Crippen LogP contribution >= 0.6 is 0 Å². The standard InChI is InChI=1S/C6H9NO/c7-5-3-1-2-4-6(5)8/h1-6,8H,7H2/t5-,6-/m1/s1. The average Bonchev–Trinajstić information content (AvgIpc) is 1.77. The second kappa shape index (κ2) is 2.11. The van der Waals surface area contributed by atoms with Crippen LogP contribution in [0.1, 0.15) is 0 Å². The fourth-order valence-corrected chi connectivity index (χ4v) is 0.613. The van der Waals surface area contributed by atoms with Crippen molar-refractivity contribution < 1.29 is 5.11 Å². The van der Waals surface area contributed by atoms with Crippen LogP contribution in [0.25, 0.3) is 0 Å². The normalized spacial score (nSPS) is 35.8. The molecule has 44 valence electrons. The Bertz CT molecular complexity index is 112. The van der Waals surface area contributed by atoms with Gasteiger partial charge in [0.2, 0.25) is 0 Å². The smallest absolute Gasteiger partial charge is 0.0910 e. The van der Waals surface area contributed by atoms with Crippen LogP contribution in [0.5, 0.6) is 0 Å². The first kappa shape index (κ1) is 5.54. The average molecular weight is 111 g/mol. The van der Waals surface area contributed by atoms with Gasteiger partial charge in [-0.2, -0.15) is 0 Å². The van der Waals surface area contributed by atoms with E-state index in [4.69, 9.17) is 10.8 Å². The Morgan fingerprint density at radius 2 is 1.88 bits per heavy atom. The third-order valence-corrected chi connectivity index (χ3v) is 1.15. The Balaban J connectivity index is 2.59. The summed E-state index contributed by atoms with van der Waals surface area (Å²) in [6.45, 7) is 0. The molecule has 2 heteroatoms. The second-order valence-corrected chi connectivity index (χ2v) is 1.84. The highest BCUT2D eigenvalue weighted by molar-refractivity contribution is 5.16. The predicted octanol–water partition coefficient (Wildman–Crippen LogP) is -0.199. The molecular formula is C6H9NO. The molecule has 2 nitrogen and oxygen atoms in total. The minimum Gasteiger partial charge on any atom is -0.387 e. The number of aliphatic hydroxyl groups is 1. The Labute approximate surface area is 48.3 Å². The van der Waals surface area contributed by atoms with Gasteiger partial charge < -0.3 is 10.8 Å². The van der Waals surface area contributed by atoms with Crippen LogP contribution in [0, 0.1) is 0 Å². The van der Waals surface area contributed by atoms with Gasteiger partial charge in [0.15, 0.2) is 0 Å². The molecule has 0 saturated heterocycles. The maximum Gasteiger partial charge on any atom is 0.0910 e. The van der Waals surface area contributed by atoms with Crippen LogP contribution in [0.4, 0.5) is 0 Å². The minimum absolute atomic E-state index is 0.208. The summed E-state index contributed by atoms with van der Waals surface area (Å²) in [5.41, 5.74) is 5.39. The minimum atomic E-state index is -0.486. The number of hydrogen-bond acceptors (Lipinski definition) is 2. The van der Waals surface area contributed by atoms with Gasteiger partial charge in [0.1, 0.15) is 0 Å². The summed E-state index contributed by atoms with van der Waals surface area (Å²) in [6, 6.07) is -0.208. The zero-order valence-electron chi connectivity index (χ0n) is 4.49. The lowest BCUT2D eigenvalue weighted by molar-refractivity contribution is 0.207. The largest absolute Gasteiger partial charge is 0.387 e. The van der Waals surface area contributed by atoms with Gasteiger partial charge in [0.05, 0.1) is 12.1 Å². The first-order chi connectivity index (χ1) is 3.80. The van der Waals surface area contributed by atoms with E-state index in [-0.39, 0.29) is 6.04 Å². The zero-order chi connectivity index (χ0) is 5.98. The Morgan fingerprint density at radius 3 is 2.25 bits per heavy atom. The highest BCUT2D eigenvalue weighted by Gasteiger charge is 2.08. The maximum absolute atomic E-state index is 8.91. The molecule has 3 N–H and O–H groups in total. The zero-order valence-corrected chi connectivity index (χ0v) is 4.49. The van der Waals surface area contributed by atoms with Crippen molar-refractivity contribution in [1.82, 2.24) is 0 Å². The number of rotatable bonds is 0. The molecule has 0 bridgehead atoms. The highest BCUT2D eigenvalue weighted by Crippen LogP contribution is 1.99. The Kier molecular flexibility index (Phi) is 1.46. The van der Waals surface area contributed by atoms with Crippen LogP contribution in [-0.4, -0.2) is 17.3 Å². The molecule has 2 atom stereocenters. The number of allylic oxidation sites excluding steroid dienone is 2. The summed E-state index contributed by atoms with van der Waals surface area (Å²) in [6.07, 6.45) is 6.57. The second-order valence-electron chi connectivity index (χ2n) is 1.84. The molecule has 0 amide bonds. The first-order valence-corrected chi connectivity index (χ1v) is 2.59. The first-order valence-electron chi connectivity index (χ1n) is 2.59. The summed E-state index contributed by atoms with van der Waals surface area (Å²) in [4.78, 5) is 0. The Morgan fingerprint density at radius 1 is 1.25 bits per heavy atom. The molecule has 0 fully saturated rings. The van der Waals surface area contributed by atoms with E-state index in [1.54, 1.807) is 18.2 Å². The van der Waals surface area contributed by atoms with Crippen molar-refractivity contribution in [2.24, 2.45) is 5.73 Å². The van der Waals surface area contributed by atoms with Crippen molar-refractivity contribution in [3.05, 3.63) is 24.3 Å². The van der Waals surface area contributed by atoms with Gasteiger partial charge in [0.25, 0.3) is 0 Å². The van der Waals surface area contributed by atoms with Crippen molar-refractivity contribution in [1.29, 1.82) is 0 Å². The molecule has 1 aliphatic rings. The molecule has 1 aliphatic carbocycles. The fraction of sp³-hybridized carbons (Fsp3) is 0.333.